The van der Waals surface area contributed by atoms with E-state index < -0.39 is 15.9 Å². The van der Waals surface area contributed by atoms with E-state index in [1.54, 1.807) is 73.0 Å². The van der Waals surface area contributed by atoms with Gasteiger partial charge in [-0.1, -0.05) is 25.5 Å². The van der Waals surface area contributed by atoms with Crippen LogP contribution in [0.2, 0.25) is 0 Å². The van der Waals surface area contributed by atoms with Crippen LogP contribution in [0.1, 0.15) is 48.4 Å². The van der Waals surface area contributed by atoms with E-state index in [2.05, 4.69) is 6.92 Å². The molecule has 0 spiro atoms. The van der Waals surface area contributed by atoms with Gasteiger partial charge in [0.2, 0.25) is 0 Å². The number of hydrogen-bond acceptors (Lipinski definition) is 11. The Morgan fingerprint density at radius 3 is 1.25 bits per heavy atom. The van der Waals surface area contributed by atoms with Gasteiger partial charge in [0, 0.05) is 41.1 Å². The Hall–Kier alpha value is -3.55. The maximum atomic E-state index is 11.2. The Kier molecular flexibility index (Phi) is 17.0. The van der Waals surface area contributed by atoms with Crippen LogP contribution in [0.25, 0.3) is 24.3 Å². The van der Waals surface area contributed by atoms with Crippen molar-refractivity contribution in [2.24, 2.45) is 0 Å². The minimum Gasteiger partial charge on any atom is -0.748 e. The molecule has 0 saturated heterocycles. The third kappa shape index (κ3) is 11.6. The first-order chi connectivity index (χ1) is 22.6. The van der Waals surface area contributed by atoms with E-state index in [1.807, 2.05) is 30.4 Å². The Morgan fingerprint density at radius 1 is 0.562 bits per heavy atom. The molecule has 0 heterocycles. The topological polar surface area (TPSA) is 131 Å². The number of ether oxygens (including phenoxy) is 8. The van der Waals surface area contributed by atoms with Gasteiger partial charge in [-0.15, -0.1) is 0 Å². The molecule has 0 aliphatic carbocycles. The van der Waals surface area contributed by atoms with Gasteiger partial charge < -0.3 is 42.4 Å². The van der Waals surface area contributed by atoms with E-state index in [-0.39, 0.29) is 42.6 Å². The fraction of sp³-hybridized carbons (Fsp3) is 0.371. The molecular formula is C35H43NaO11S. The van der Waals surface area contributed by atoms with Crippen molar-refractivity contribution in [3.63, 3.8) is 0 Å². The number of benzene rings is 3. The molecule has 0 saturated carbocycles. The van der Waals surface area contributed by atoms with Crippen LogP contribution in [-0.4, -0.2) is 74.6 Å². The van der Waals surface area contributed by atoms with Crippen LogP contribution in [0.3, 0.4) is 0 Å². The molecule has 3 aromatic rings. The van der Waals surface area contributed by atoms with Crippen molar-refractivity contribution < 1.29 is 80.4 Å². The van der Waals surface area contributed by atoms with E-state index in [0.717, 1.165) is 12.8 Å². The van der Waals surface area contributed by atoms with Crippen molar-refractivity contribution in [1.82, 2.24) is 0 Å². The Labute approximate surface area is 305 Å². The molecule has 0 fully saturated rings. The first-order valence-corrected chi connectivity index (χ1v) is 16.5. The Bertz CT molecular complexity index is 1600. The molecule has 0 bridgehead atoms. The van der Waals surface area contributed by atoms with E-state index in [0.29, 0.717) is 74.9 Å². The molecule has 256 valence electrons. The van der Waals surface area contributed by atoms with Crippen molar-refractivity contribution in [2.45, 2.75) is 26.2 Å². The molecule has 0 atom stereocenters. The SMILES string of the molecule is CCCCOc1cc(/C=C/c2c(OC)cc(OC)cc2OC)c(OCCCS(=O)(=O)[O-])cc1/C=C/c1c(OC)cc(OC)cc1OC.[Na+]. The molecule has 3 rings (SSSR count). The molecule has 3 aromatic carbocycles. The van der Waals surface area contributed by atoms with Gasteiger partial charge >= 0.3 is 29.6 Å². The second-order valence-corrected chi connectivity index (χ2v) is 11.7. The monoisotopic (exact) mass is 694 g/mol. The maximum Gasteiger partial charge on any atom is 1.00 e. The molecule has 11 nitrogen and oxygen atoms in total. The van der Waals surface area contributed by atoms with Gasteiger partial charge in [-0.25, -0.2) is 8.42 Å². The summed E-state index contributed by atoms with van der Waals surface area (Å²) in [4.78, 5) is 0. The minimum absolute atomic E-state index is 0. The number of methoxy groups -OCH3 is 6. The summed E-state index contributed by atoms with van der Waals surface area (Å²) in [6.45, 7) is 2.56. The summed E-state index contributed by atoms with van der Waals surface area (Å²) >= 11 is 0. The second-order valence-electron chi connectivity index (χ2n) is 10.2. The van der Waals surface area contributed by atoms with E-state index >= 15 is 0 Å². The van der Waals surface area contributed by atoms with E-state index in [9.17, 15) is 13.0 Å². The maximum absolute atomic E-state index is 11.2. The molecule has 0 amide bonds. The van der Waals surface area contributed by atoms with E-state index in [4.69, 9.17) is 37.9 Å². The second kappa shape index (κ2) is 20.1. The first-order valence-electron chi connectivity index (χ1n) is 14.9. The molecule has 48 heavy (non-hydrogen) atoms. The molecule has 0 N–H and O–H groups in total. The first kappa shape index (κ1) is 40.6. The molecule has 0 aliphatic rings. The third-order valence-electron chi connectivity index (χ3n) is 7.06. The molecule has 0 radical (unpaired) electrons. The zero-order valence-corrected chi connectivity index (χ0v) is 31.7. The quantitative estimate of drug-likeness (QED) is 0.0790. The summed E-state index contributed by atoms with van der Waals surface area (Å²) in [6.07, 6.45) is 9.15. The normalized spacial score (nSPS) is 11.2. The van der Waals surface area contributed by atoms with Crippen LogP contribution in [-0.2, 0) is 10.1 Å². The number of rotatable bonds is 19. The minimum atomic E-state index is -4.39. The zero-order valence-electron chi connectivity index (χ0n) is 28.9. The van der Waals surface area contributed by atoms with E-state index in [1.165, 1.54) is 0 Å². The molecule has 13 heteroatoms. The van der Waals surface area contributed by atoms with Crippen LogP contribution < -0.4 is 67.5 Å². The Morgan fingerprint density at radius 2 is 0.938 bits per heavy atom. The predicted octanol–water partition coefficient (Wildman–Crippen LogP) is 3.58. The summed E-state index contributed by atoms with van der Waals surface area (Å²) in [6, 6.07) is 10.7. The van der Waals surface area contributed by atoms with Crippen LogP contribution >= 0.6 is 0 Å². The van der Waals surface area contributed by atoms with Crippen molar-refractivity contribution in [3.8, 4) is 46.0 Å². The van der Waals surface area contributed by atoms with Crippen LogP contribution in [0.4, 0.5) is 0 Å². The third-order valence-corrected chi connectivity index (χ3v) is 7.85. The summed E-state index contributed by atoms with van der Waals surface area (Å²) in [5.41, 5.74) is 2.67. The van der Waals surface area contributed by atoms with Gasteiger partial charge in [-0.2, -0.15) is 0 Å². The fourth-order valence-corrected chi connectivity index (χ4v) is 5.06. The summed E-state index contributed by atoms with van der Waals surface area (Å²) in [7, 11) is 4.97. The summed E-state index contributed by atoms with van der Waals surface area (Å²) in [5, 5.41) is 0. The zero-order chi connectivity index (χ0) is 34.4. The number of hydrogen-bond donors (Lipinski definition) is 0. The van der Waals surface area contributed by atoms with Crippen LogP contribution in [0.15, 0.2) is 36.4 Å². The van der Waals surface area contributed by atoms with Gasteiger partial charge in [0.15, 0.2) is 0 Å². The average Bonchev–Trinajstić information content (AvgIpc) is 3.07. The number of unbranched alkanes of at least 4 members (excludes halogenated alkanes) is 1. The van der Waals surface area contributed by atoms with Crippen LogP contribution in [0.5, 0.6) is 46.0 Å². The molecule has 0 aromatic heterocycles. The van der Waals surface area contributed by atoms with Gasteiger partial charge in [0.25, 0.3) is 0 Å². The van der Waals surface area contributed by atoms with Gasteiger partial charge in [0.05, 0.1) is 77.1 Å². The molecular weight excluding hydrogens is 651 g/mol. The standard InChI is InChI=1S/C35H44O11S.Na/c1-8-9-15-45-30-18-25(12-14-29-34(43-6)22-27(40-3)23-35(29)44-7)31(46-16-10-17-47(36,37)38)19-24(30)11-13-28-32(41-4)20-26(39-2)21-33(28)42-5;/h11-14,18-23H,8-10,15-17H2,1-7H3,(H,36,37,38);/q;+1/p-1/b13-11+,14-12+;. The van der Waals surface area contributed by atoms with Crippen molar-refractivity contribution in [2.75, 3.05) is 61.6 Å². The smallest absolute Gasteiger partial charge is 0.748 e. The van der Waals surface area contributed by atoms with Gasteiger partial charge in [-0.3, -0.25) is 0 Å². The van der Waals surface area contributed by atoms with Crippen LogP contribution in [0, 0.1) is 0 Å². The summed E-state index contributed by atoms with van der Waals surface area (Å²) in [5.74, 6) is 3.78. The molecule has 0 unspecified atom stereocenters. The van der Waals surface area contributed by atoms with Gasteiger partial charge in [-0.05, 0) is 37.1 Å². The molecule has 0 aliphatic heterocycles. The van der Waals surface area contributed by atoms with Crippen molar-refractivity contribution in [1.29, 1.82) is 0 Å². The van der Waals surface area contributed by atoms with Crippen molar-refractivity contribution >= 4 is 34.4 Å². The van der Waals surface area contributed by atoms with Crippen molar-refractivity contribution in [3.05, 3.63) is 58.7 Å². The predicted molar refractivity (Wildman–Crippen MR) is 182 cm³/mol. The fourth-order valence-electron chi connectivity index (χ4n) is 4.59. The van der Waals surface area contributed by atoms with Gasteiger partial charge in [0.1, 0.15) is 46.0 Å². The average molecular weight is 695 g/mol. The Balaban J connectivity index is 0.00000800. The summed E-state index contributed by atoms with van der Waals surface area (Å²) < 4.78 is 79.1. The largest absolute Gasteiger partial charge is 1.00 e.